The summed E-state index contributed by atoms with van der Waals surface area (Å²) in [4.78, 5) is 26.0. The Morgan fingerprint density at radius 3 is 2.55 bits per heavy atom. The summed E-state index contributed by atoms with van der Waals surface area (Å²) < 4.78 is 5.60. The quantitative estimate of drug-likeness (QED) is 0.392. The minimum absolute atomic E-state index is 0.00848. The lowest BCUT2D eigenvalue weighted by Gasteiger charge is -2.32. The summed E-state index contributed by atoms with van der Waals surface area (Å²) in [6.07, 6.45) is 4.98. The van der Waals surface area contributed by atoms with Crippen LogP contribution in [0.1, 0.15) is 29.8 Å². The van der Waals surface area contributed by atoms with E-state index < -0.39 is 5.60 Å². The third kappa shape index (κ3) is 6.67. The lowest BCUT2D eigenvalue weighted by atomic mass is 10.0. The van der Waals surface area contributed by atoms with E-state index in [1.165, 1.54) is 6.20 Å². The molecule has 1 aliphatic heterocycles. The van der Waals surface area contributed by atoms with Gasteiger partial charge in [-0.15, -0.1) is 0 Å². The Bertz CT molecular complexity index is 1350. The van der Waals surface area contributed by atoms with Gasteiger partial charge in [-0.05, 0) is 62.2 Å². The summed E-state index contributed by atoms with van der Waals surface area (Å²) in [5.74, 6) is 1.21. The zero-order chi connectivity index (χ0) is 27.3. The van der Waals surface area contributed by atoms with Crippen molar-refractivity contribution in [2.75, 3.05) is 52.2 Å². The molecule has 1 fully saturated rings. The van der Waals surface area contributed by atoms with Gasteiger partial charge in [0.15, 0.2) is 0 Å². The first-order valence-corrected chi connectivity index (χ1v) is 12.6. The Morgan fingerprint density at radius 2 is 1.87 bits per heavy atom. The van der Waals surface area contributed by atoms with Gasteiger partial charge in [-0.3, -0.25) is 9.79 Å². The number of aromatic nitrogens is 1. The van der Waals surface area contributed by atoms with Gasteiger partial charge in [0.05, 0.1) is 24.9 Å². The monoisotopic (exact) mass is 516 g/mol. The Labute approximate surface area is 223 Å². The molecule has 0 bridgehead atoms. The van der Waals surface area contributed by atoms with Crippen molar-refractivity contribution >= 4 is 40.0 Å². The normalized spacial score (nSPS) is 15.3. The maximum Gasteiger partial charge on any atom is 0.254 e. The van der Waals surface area contributed by atoms with E-state index in [-0.39, 0.29) is 12.5 Å². The van der Waals surface area contributed by atoms with Crippen molar-refractivity contribution in [2.24, 2.45) is 10.7 Å². The summed E-state index contributed by atoms with van der Waals surface area (Å²) >= 11 is 0. The second kappa shape index (κ2) is 11.6. The minimum Gasteiger partial charge on any atom is -0.495 e. The van der Waals surface area contributed by atoms with E-state index in [1.807, 2.05) is 41.3 Å². The van der Waals surface area contributed by atoms with Crippen molar-refractivity contribution < 1.29 is 14.6 Å². The number of pyridine rings is 1. The van der Waals surface area contributed by atoms with Crippen molar-refractivity contribution in [3.8, 4) is 5.75 Å². The van der Waals surface area contributed by atoms with Gasteiger partial charge in [0.25, 0.3) is 5.91 Å². The molecule has 9 heteroatoms. The molecule has 2 aromatic carbocycles. The molecule has 4 N–H and O–H groups in total. The van der Waals surface area contributed by atoms with Crippen LogP contribution < -0.4 is 15.8 Å². The van der Waals surface area contributed by atoms with Crippen LogP contribution in [-0.2, 0) is 0 Å². The molecule has 38 heavy (non-hydrogen) atoms. The number of allylic oxidation sites excluding steroid dienone is 1. The maximum absolute atomic E-state index is 13.0. The number of aliphatic imine (C=N–C) groups is 1. The van der Waals surface area contributed by atoms with Gasteiger partial charge >= 0.3 is 0 Å². The molecule has 200 valence electrons. The molecule has 4 rings (SSSR count). The number of ether oxygens (including phenoxy) is 1. The SMILES string of the molecule is COc1cc(C(=O)N2CCN(C)CC2)ccc1Nc1cc2cc(C(C=NCC(C)(C)O)=CN)ccc2cn1. The van der Waals surface area contributed by atoms with Gasteiger partial charge in [-0.2, -0.15) is 0 Å². The minimum atomic E-state index is -0.886. The third-order valence-electron chi connectivity index (χ3n) is 6.44. The van der Waals surface area contributed by atoms with Crippen LogP contribution in [0.25, 0.3) is 16.3 Å². The zero-order valence-electron chi connectivity index (χ0n) is 22.4. The number of carbonyl (C=O) groups excluding carboxylic acids is 1. The number of piperazine rings is 1. The zero-order valence-corrected chi connectivity index (χ0v) is 22.4. The fourth-order valence-corrected chi connectivity index (χ4v) is 4.23. The molecule has 1 amide bonds. The first kappa shape index (κ1) is 27.1. The van der Waals surface area contributed by atoms with E-state index in [2.05, 4.69) is 27.2 Å². The Balaban J connectivity index is 1.54. The summed E-state index contributed by atoms with van der Waals surface area (Å²) in [5, 5.41) is 15.2. The van der Waals surface area contributed by atoms with Crippen molar-refractivity contribution in [3.05, 3.63) is 66.0 Å². The molecular weight excluding hydrogens is 480 g/mol. The van der Waals surface area contributed by atoms with E-state index in [9.17, 15) is 9.90 Å². The molecule has 2 heterocycles. The molecule has 1 aliphatic rings. The highest BCUT2D eigenvalue weighted by Crippen LogP contribution is 2.30. The van der Waals surface area contributed by atoms with Crippen LogP contribution in [0, 0.1) is 0 Å². The molecule has 0 aliphatic carbocycles. The maximum atomic E-state index is 13.0. The number of fused-ring (bicyclic) bond motifs is 1. The number of amides is 1. The standard InChI is InChI=1S/C29H36N6O3/c1-29(2,37)19-31-17-24(16-30)20-5-6-22-18-32-27(15-23(22)13-20)33-25-8-7-21(14-26(25)38-4)28(36)35-11-9-34(3)10-12-35/h5-8,13-18,37H,9-12,19,30H2,1-4H3,(H,32,33). The lowest BCUT2D eigenvalue weighted by molar-refractivity contribution is 0.0663. The average molecular weight is 517 g/mol. The summed E-state index contributed by atoms with van der Waals surface area (Å²) in [6.45, 7) is 6.86. The summed E-state index contributed by atoms with van der Waals surface area (Å²) in [5.41, 5.74) is 7.95. The van der Waals surface area contributed by atoms with Crippen LogP contribution in [0.15, 0.2) is 59.9 Å². The van der Waals surface area contributed by atoms with Crippen LogP contribution in [0.4, 0.5) is 11.5 Å². The number of aliphatic hydroxyl groups is 1. The molecule has 1 saturated heterocycles. The second-order valence-corrected chi connectivity index (χ2v) is 10.2. The highest BCUT2D eigenvalue weighted by Gasteiger charge is 2.21. The first-order chi connectivity index (χ1) is 18.2. The summed E-state index contributed by atoms with van der Waals surface area (Å²) in [6, 6.07) is 13.3. The fourth-order valence-electron chi connectivity index (χ4n) is 4.23. The number of anilines is 2. The van der Waals surface area contributed by atoms with E-state index in [4.69, 9.17) is 10.5 Å². The number of nitrogens with two attached hydrogens (primary N) is 1. The number of hydrogen-bond acceptors (Lipinski definition) is 8. The van der Waals surface area contributed by atoms with Gasteiger partial charge in [0, 0.05) is 61.3 Å². The second-order valence-electron chi connectivity index (χ2n) is 10.2. The highest BCUT2D eigenvalue weighted by atomic mass is 16.5. The molecule has 3 aromatic rings. The molecule has 0 saturated carbocycles. The van der Waals surface area contributed by atoms with Crippen LogP contribution >= 0.6 is 0 Å². The number of nitrogens with one attached hydrogen (secondary N) is 1. The van der Waals surface area contributed by atoms with E-state index in [0.717, 1.165) is 35.0 Å². The Hall–Kier alpha value is -3.95. The molecule has 0 atom stereocenters. The van der Waals surface area contributed by atoms with E-state index >= 15 is 0 Å². The number of hydrogen-bond donors (Lipinski definition) is 3. The lowest BCUT2D eigenvalue weighted by Crippen LogP contribution is -2.47. The fraction of sp³-hybridized carbons (Fsp3) is 0.345. The van der Waals surface area contributed by atoms with Crippen molar-refractivity contribution in [2.45, 2.75) is 19.4 Å². The number of likely N-dealkylation sites (N-methyl/N-ethyl adjacent to an activating group) is 1. The number of rotatable bonds is 8. The largest absolute Gasteiger partial charge is 0.495 e. The first-order valence-electron chi connectivity index (χ1n) is 12.6. The van der Waals surface area contributed by atoms with Gasteiger partial charge in [0.1, 0.15) is 11.6 Å². The molecule has 0 radical (unpaired) electrons. The van der Waals surface area contributed by atoms with Gasteiger partial charge in [-0.1, -0.05) is 12.1 Å². The van der Waals surface area contributed by atoms with Crippen LogP contribution in [-0.4, -0.2) is 84.5 Å². The van der Waals surface area contributed by atoms with E-state index in [0.29, 0.717) is 35.9 Å². The number of benzene rings is 2. The average Bonchev–Trinajstić information content (AvgIpc) is 2.90. The molecule has 9 nitrogen and oxygen atoms in total. The van der Waals surface area contributed by atoms with Gasteiger partial charge < -0.3 is 30.7 Å². The van der Waals surface area contributed by atoms with Crippen LogP contribution in [0.5, 0.6) is 5.75 Å². The number of methoxy groups -OCH3 is 1. The Morgan fingerprint density at radius 1 is 1.13 bits per heavy atom. The Kier molecular flexibility index (Phi) is 8.29. The number of nitrogens with zero attached hydrogens (tertiary/aromatic N) is 4. The molecule has 1 aromatic heterocycles. The van der Waals surface area contributed by atoms with Crippen molar-refractivity contribution in [1.29, 1.82) is 0 Å². The van der Waals surface area contributed by atoms with Crippen LogP contribution in [0.3, 0.4) is 0 Å². The van der Waals surface area contributed by atoms with Crippen molar-refractivity contribution in [3.63, 3.8) is 0 Å². The predicted molar refractivity (Wildman–Crippen MR) is 153 cm³/mol. The smallest absolute Gasteiger partial charge is 0.254 e. The van der Waals surface area contributed by atoms with Crippen molar-refractivity contribution in [1.82, 2.24) is 14.8 Å². The molecule has 0 unspecified atom stereocenters. The highest BCUT2D eigenvalue weighted by molar-refractivity contribution is 6.10. The van der Waals surface area contributed by atoms with Crippen LogP contribution in [0.2, 0.25) is 0 Å². The number of carbonyl (C=O) groups is 1. The van der Waals surface area contributed by atoms with Gasteiger partial charge in [-0.25, -0.2) is 4.98 Å². The topological polar surface area (TPSA) is 116 Å². The summed E-state index contributed by atoms with van der Waals surface area (Å²) in [7, 11) is 3.65. The van der Waals surface area contributed by atoms with E-state index in [1.54, 1.807) is 39.4 Å². The molecular formula is C29H36N6O3. The predicted octanol–water partition coefficient (Wildman–Crippen LogP) is 3.52. The molecule has 0 spiro atoms. The third-order valence-corrected chi connectivity index (χ3v) is 6.44. The van der Waals surface area contributed by atoms with Gasteiger partial charge in [0.2, 0.25) is 0 Å².